The van der Waals surface area contributed by atoms with Gasteiger partial charge >= 0.3 is 0 Å². The third-order valence-electron chi connectivity index (χ3n) is 1.85. The maximum Gasteiger partial charge on any atom is 0.289 e. The topological polar surface area (TPSA) is 98.5 Å². The van der Waals surface area contributed by atoms with E-state index in [-0.39, 0.29) is 10.5 Å². The highest BCUT2D eigenvalue weighted by molar-refractivity contribution is 7.89. The minimum atomic E-state index is -4.03. The number of hydrogen-bond donors (Lipinski definition) is 1. The number of rotatable bonds is 4. The molecule has 0 bridgehead atoms. The number of nitrogens with zero attached hydrogens (tertiary/aromatic N) is 1. The molecule has 0 atom stereocenters. The Bertz CT molecular complexity index is 511. The number of nitro benzene ring substituents is 1. The van der Waals surface area contributed by atoms with E-state index in [2.05, 4.69) is 4.84 Å². The zero-order chi connectivity index (χ0) is 12.3. The van der Waals surface area contributed by atoms with Gasteiger partial charge in [0.2, 0.25) is 0 Å². The Morgan fingerprint density at radius 2 is 2.06 bits per heavy atom. The number of aryl methyl sites for hydroxylation is 1. The predicted molar refractivity (Wildman–Crippen MR) is 55.2 cm³/mol. The van der Waals surface area contributed by atoms with E-state index in [1.165, 1.54) is 19.1 Å². The van der Waals surface area contributed by atoms with E-state index in [0.29, 0.717) is 0 Å². The van der Waals surface area contributed by atoms with E-state index < -0.39 is 20.6 Å². The summed E-state index contributed by atoms with van der Waals surface area (Å²) in [6, 6.07) is 4.01. The maximum absolute atomic E-state index is 11.6. The number of nitro groups is 1. The molecular weight excluding hydrogens is 236 g/mol. The van der Waals surface area contributed by atoms with Crippen LogP contribution in [0.2, 0.25) is 0 Å². The third-order valence-corrected chi connectivity index (χ3v) is 3.30. The minimum Gasteiger partial charge on any atom is -0.290 e. The Labute approximate surface area is 92.2 Å². The van der Waals surface area contributed by atoms with Crippen LogP contribution in [0.4, 0.5) is 5.69 Å². The molecule has 8 heteroatoms. The van der Waals surface area contributed by atoms with E-state index >= 15 is 0 Å². The Kier molecular flexibility index (Phi) is 3.58. The van der Waals surface area contributed by atoms with Gasteiger partial charge < -0.3 is 0 Å². The summed E-state index contributed by atoms with van der Waals surface area (Å²) >= 11 is 0. The van der Waals surface area contributed by atoms with Crippen molar-refractivity contribution in [2.24, 2.45) is 0 Å². The lowest BCUT2D eigenvalue weighted by atomic mass is 10.2. The molecule has 0 heterocycles. The van der Waals surface area contributed by atoms with Crippen molar-refractivity contribution in [2.75, 3.05) is 7.11 Å². The van der Waals surface area contributed by atoms with Gasteiger partial charge in [-0.1, -0.05) is 17.0 Å². The van der Waals surface area contributed by atoms with Crippen molar-refractivity contribution in [1.82, 2.24) is 4.89 Å². The van der Waals surface area contributed by atoms with Gasteiger partial charge in [-0.2, -0.15) is 0 Å². The first-order chi connectivity index (χ1) is 7.40. The molecule has 0 aromatic heterocycles. The molecule has 88 valence electrons. The molecule has 7 nitrogen and oxygen atoms in total. The molecule has 0 amide bonds. The maximum atomic E-state index is 11.6. The van der Waals surface area contributed by atoms with Gasteiger partial charge in [-0.15, -0.1) is 0 Å². The molecule has 0 aliphatic carbocycles. The van der Waals surface area contributed by atoms with Crippen LogP contribution in [0.15, 0.2) is 23.1 Å². The van der Waals surface area contributed by atoms with Crippen molar-refractivity contribution in [3.63, 3.8) is 0 Å². The molecule has 1 aromatic rings. The normalized spacial score (nSPS) is 11.4. The fraction of sp³-hybridized carbons (Fsp3) is 0.250. The highest BCUT2D eigenvalue weighted by Gasteiger charge is 2.27. The van der Waals surface area contributed by atoms with Crippen molar-refractivity contribution < 1.29 is 18.2 Å². The second-order valence-corrected chi connectivity index (χ2v) is 4.55. The van der Waals surface area contributed by atoms with E-state index in [0.717, 1.165) is 13.2 Å². The summed E-state index contributed by atoms with van der Waals surface area (Å²) in [5, 5.41) is 10.7. The molecule has 0 radical (unpaired) electrons. The zero-order valence-electron chi connectivity index (χ0n) is 8.63. The molecule has 1 aromatic carbocycles. The van der Waals surface area contributed by atoms with Crippen LogP contribution in [0.1, 0.15) is 5.56 Å². The van der Waals surface area contributed by atoms with E-state index in [4.69, 9.17) is 0 Å². The van der Waals surface area contributed by atoms with Gasteiger partial charge in [0.25, 0.3) is 15.7 Å². The van der Waals surface area contributed by atoms with Crippen molar-refractivity contribution in [3.8, 4) is 0 Å². The van der Waals surface area contributed by atoms with Crippen molar-refractivity contribution in [1.29, 1.82) is 0 Å². The Balaban J connectivity index is 3.48. The summed E-state index contributed by atoms with van der Waals surface area (Å²) in [7, 11) is -2.92. The van der Waals surface area contributed by atoms with Crippen LogP contribution in [-0.2, 0) is 14.9 Å². The zero-order valence-corrected chi connectivity index (χ0v) is 9.45. The molecule has 0 fully saturated rings. The van der Waals surface area contributed by atoms with Gasteiger partial charge in [-0.3, -0.25) is 15.0 Å². The van der Waals surface area contributed by atoms with Gasteiger partial charge in [0, 0.05) is 6.07 Å². The Morgan fingerprint density at radius 1 is 1.44 bits per heavy atom. The van der Waals surface area contributed by atoms with E-state index in [1.54, 1.807) is 4.89 Å². The van der Waals surface area contributed by atoms with Gasteiger partial charge in [-0.05, 0) is 12.5 Å². The molecule has 0 aliphatic heterocycles. The minimum absolute atomic E-state index is 0.277. The standard InChI is InChI=1S/C8H10N2O5S/c1-6-4-3-5-7(10(11)12)8(6)16(13,14)9-15-2/h3-5,9H,1-2H3. The highest BCUT2D eigenvalue weighted by atomic mass is 32.2. The van der Waals surface area contributed by atoms with Crippen LogP contribution in [0.25, 0.3) is 0 Å². The van der Waals surface area contributed by atoms with Crippen LogP contribution in [0.3, 0.4) is 0 Å². The van der Waals surface area contributed by atoms with Crippen LogP contribution in [0, 0.1) is 17.0 Å². The average Bonchev–Trinajstić information content (AvgIpc) is 2.16. The first-order valence-electron chi connectivity index (χ1n) is 4.19. The van der Waals surface area contributed by atoms with Gasteiger partial charge in [0.05, 0.1) is 12.0 Å². The lowest BCUT2D eigenvalue weighted by molar-refractivity contribution is -0.387. The Morgan fingerprint density at radius 3 is 2.56 bits per heavy atom. The predicted octanol–water partition coefficient (Wildman–Crippen LogP) is 0.743. The van der Waals surface area contributed by atoms with Gasteiger partial charge in [0.1, 0.15) is 0 Å². The van der Waals surface area contributed by atoms with E-state index in [9.17, 15) is 18.5 Å². The van der Waals surface area contributed by atoms with Crippen LogP contribution in [-0.4, -0.2) is 20.5 Å². The molecule has 0 spiro atoms. The summed E-state index contributed by atoms with van der Waals surface area (Å²) in [5.41, 5.74) is -0.205. The molecule has 0 aliphatic rings. The number of nitrogens with one attached hydrogen (secondary N) is 1. The summed E-state index contributed by atoms with van der Waals surface area (Å²) in [6.07, 6.45) is 0. The average molecular weight is 246 g/mol. The number of sulfonamides is 1. The molecule has 0 saturated heterocycles. The molecule has 1 rings (SSSR count). The largest absolute Gasteiger partial charge is 0.290 e. The van der Waals surface area contributed by atoms with Crippen molar-refractivity contribution in [3.05, 3.63) is 33.9 Å². The monoisotopic (exact) mass is 246 g/mol. The molecule has 16 heavy (non-hydrogen) atoms. The molecule has 0 unspecified atom stereocenters. The summed E-state index contributed by atoms with van der Waals surface area (Å²) < 4.78 is 23.3. The highest BCUT2D eigenvalue weighted by Crippen LogP contribution is 2.26. The second kappa shape index (κ2) is 4.56. The van der Waals surface area contributed by atoms with Crippen molar-refractivity contribution >= 4 is 15.7 Å². The first-order valence-corrected chi connectivity index (χ1v) is 5.67. The third kappa shape index (κ3) is 2.35. The molecule has 1 N–H and O–H groups in total. The van der Waals surface area contributed by atoms with Crippen LogP contribution >= 0.6 is 0 Å². The summed E-state index contributed by atoms with van der Waals surface area (Å²) in [6.45, 7) is 1.47. The lowest BCUT2D eigenvalue weighted by Crippen LogP contribution is -2.24. The summed E-state index contributed by atoms with van der Waals surface area (Å²) in [4.78, 5) is 15.6. The molecule has 0 saturated carbocycles. The summed E-state index contributed by atoms with van der Waals surface area (Å²) in [5.74, 6) is 0. The first kappa shape index (κ1) is 12.6. The number of hydrogen-bond acceptors (Lipinski definition) is 5. The van der Waals surface area contributed by atoms with Crippen LogP contribution in [0.5, 0.6) is 0 Å². The van der Waals surface area contributed by atoms with Gasteiger partial charge in [-0.25, -0.2) is 8.42 Å². The molecular formula is C8H10N2O5S. The SMILES string of the molecule is CONS(=O)(=O)c1c(C)cccc1[N+](=O)[O-]. The second-order valence-electron chi connectivity index (χ2n) is 2.97. The van der Waals surface area contributed by atoms with Crippen LogP contribution < -0.4 is 4.89 Å². The number of benzene rings is 1. The fourth-order valence-electron chi connectivity index (χ4n) is 1.28. The van der Waals surface area contributed by atoms with Crippen molar-refractivity contribution in [2.45, 2.75) is 11.8 Å². The fourth-order valence-corrected chi connectivity index (χ4v) is 2.49. The smallest absolute Gasteiger partial charge is 0.289 e. The quantitative estimate of drug-likeness (QED) is 0.624. The van der Waals surface area contributed by atoms with E-state index in [1.807, 2.05) is 0 Å². The Hall–Kier alpha value is -1.51. The lowest BCUT2D eigenvalue weighted by Gasteiger charge is -2.07. The van der Waals surface area contributed by atoms with Gasteiger partial charge in [0.15, 0.2) is 4.90 Å².